The quantitative estimate of drug-likeness (QED) is 0.147. The lowest BCUT2D eigenvalue weighted by atomic mass is 10.2. The van der Waals surface area contributed by atoms with E-state index in [9.17, 15) is 9.59 Å². The third-order valence-electron chi connectivity index (χ3n) is 4.68. The number of pyridine rings is 1. The van der Waals surface area contributed by atoms with Crippen LogP contribution in [0.1, 0.15) is 75.6 Å². The average molecular weight is 477 g/mol. The molecule has 0 radical (unpaired) electrons. The van der Waals surface area contributed by atoms with E-state index in [2.05, 4.69) is 78.0 Å². The van der Waals surface area contributed by atoms with Crippen LogP contribution in [0.25, 0.3) is 0 Å². The molecular formula is C30H40N2O3. The van der Waals surface area contributed by atoms with Crippen LogP contribution < -0.4 is 5.32 Å². The lowest BCUT2D eigenvalue weighted by molar-refractivity contribution is -0.123. The first kappa shape index (κ1) is 29.6. The molecule has 1 rings (SSSR count). The molecular weight excluding hydrogens is 436 g/mol. The number of carbonyl (C=O) groups excluding carboxylic acids is 2. The SMILES string of the molecule is CCC=CCC=CCC=CCC=CCC=CCC=CCCC(=O)NC(C)OC(=O)c1cccnc1. The molecule has 0 aliphatic carbocycles. The second kappa shape index (κ2) is 21.1. The minimum absolute atomic E-state index is 0.156. The molecule has 0 aromatic carbocycles. The number of carbonyl (C=O) groups is 2. The summed E-state index contributed by atoms with van der Waals surface area (Å²) in [5, 5.41) is 2.67. The van der Waals surface area contributed by atoms with E-state index in [4.69, 9.17) is 4.74 Å². The predicted molar refractivity (Wildman–Crippen MR) is 145 cm³/mol. The van der Waals surface area contributed by atoms with Gasteiger partial charge in [-0.25, -0.2) is 4.79 Å². The average Bonchev–Trinajstić information content (AvgIpc) is 2.85. The van der Waals surface area contributed by atoms with Crippen LogP contribution in [-0.4, -0.2) is 23.1 Å². The molecule has 188 valence electrons. The highest BCUT2D eigenvalue weighted by molar-refractivity contribution is 5.89. The smallest absolute Gasteiger partial charge is 0.341 e. The Bertz CT molecular complexity index is 880. The third-order valence-corrected chi connectivity index (χ3v) is 4.68. The van der Waals surface area contributed by atoms with Crippen molar-refractivity contribution in [2.45, 2.75) is 71.4 Å². The number of ether oxygens (including phenoxy) is 1. The Hall–Kier alpha value is -3.47. The normalized spacial score (nSPS) is 13.2. The molecule has 35 heavy (non-hydrogen) atoms. The first-order valence-corrected chi connectivity index (χ1v) is 12.4. The third kappa shape index (κ3) is 17.6. The van der Waals surface area contributed by atoms with Gasteiger partial charge in [0.15, 0.2) is 6.23 Å². The highest BCUT2D eigenvalue weighted by Crippen LogP contribution is 2.02. The molecule has 5 heteroatoms. The Morgan fingerprint density at radius 3 is 1.86 bits per heavy atom. The maximum atomic E-state index is 12.0. The molecule has 1 atom stereocenters. The van der Waals surface area contributed by atoms with Crippen LogP contribution in [0.4, 0.5) is 0 Å². The van der Waals surface area contributed by atoms with Crippen LogP contribution >= 0.6 is 0 Å². The van der Waals surface area contributed by atoms with Crippen molar-refractivity contribution in [3.63, 3.8) is 0 Å². The fourth-order valence-corrected chi connectivity index (χ4v) is 2.89. The maximum absolute atomic E-state index is 12.0. The van der Waals surface area contributed by atoms with E-state index in [1.54, 1.807) is 25.3 Å². The van der Waals surface area contributed by atoms with Gasteiger partial charge >= 0.3 is 5.97 Å². The van der Waals surface area contributed by atoms with E-state index in [0.29, 0.717) is 18.4 Å². The lowest BCUT2D eigenvalue weighted by Crippen LogP contribution is -2.35. The van der Waals surface area contributed by atoms with Crippen LogP contribution in [-0.2, 0) is 9.53 Å². The number of hydrogen-bond donors (Lipinski definition) is 1. The number of aromatic nitrogens is 1. The van der Waals surface area contributed by atoms with Crippen LogP contribution in [0.15, 0.2) is 97.4 Å². The molecule has 0 aliphatic rings. The Kier molecular flexibility index (Phi) is 17.8. The zero-order valence-electron chi connectivity index (χ0n) is 21.1. The van der Waals surface area contributed by atoms with E-state index < -0.39 is 12.2 Å². The minimum atomic E-state index is -0.694. The predicted octanol–water partition coefficient (Wildman–Crippen LogP) is 7.18. The second-order valence-corrected chi connectivity index (χ2v) is 7.81. The van der Waals surface area contributed by atoms with Gasteiger partial charge in [-0.2, -0.15) is 0 Å². The molecule has 1 aromatic rings. The monoisotopic (exact) mass is 476 g/mol. The van der Waals surface area contributed by atoms with Crippen molar-refractivity contribution < 1.29 is 14.3 Å². The summed E-state index contributed by atoms with van der Waals surface area (Å²) in [6.45, 7) is 3.77. The van der Waals surface area contributed by atoms with Crippen LogP contribution in [0, 0.1) is 0 Å². The van der Waals surface area contributed by atoms with Gasteiger partial charge < -0.3 is 10.1 Å². The number of allylic oxidation sites excluding steroid dienone is 12. The summed E-state index contributed by atoms with van der Waals surface area (Å²) < 4.78 is 5.20. The second-order valence-electron chi connectivity index (χ2n) is 7.81. The fraction of sp³-hybridized carbons (Fsp3) is 0.367. The number of amides is 1. The van der Waals surface area contributed by atoms with Crippen molar-refractivity contribution in [1.82, 2.24) is 10.3 Å². The summed E-state index contributed by atoms with van der Waals surface area (Å²) >= 11 is 0. The van der Waals surface area contributed by atoms with Gasteiger partial charge in [0, 0.05) is 18.8 Å². The Labute approximate surface area is 211 Å². The van der Waals surface area contributed by atoms with Gasteiger partial charge in [-0.3, -0.25) is 9.78 Å². The summed E-state index contributed by atoms with van der Waals surface area (Å²) in [6, 6.07) is 3.28. The van der Waals surface area contributed by atoms with Gasteiger partial charge in [0.05, 0.1) is 5.56 Å². The number of esters is 1. The molecule has 0 aliphatic heterocycles. The molecule has 0 saturated carbocycles. The molecule has 1 unspecified atom stereocenters. The fourth-order valence-electron chi connectivity index (χ4n) is 2.89. The first-order valence-electron chi connectivity index (χ1n) is 12.4. The van der Waals surface area contributed by atoms with Gasteiger partial charge in [-0.05, 0) is 64.0 Å². The molecule has 1 aromatic heterocycles. The molecule has 1 heterocycles. The van der Waals surface area contributed by atoms with E-state index in [0.717, 1.165) is 38.5 Å². The molecule has 1 amide bonds. The minimum Gasteiger partial charge on any atom is -0.438 e. The highest BCUT2D eigenvalue weighted by atomic mass is 16.6. The maximum Gasteiger partial charge on any atom is 0.341 e. The van der Waals surface area contributed by atoms with E-state index in [1.807, 2.05) is 12.2 Å². The number of hydrogen-bond acceptors (Lipinski definition) is 4. The lowest BCUT2D eigenvalue weighted by Gasteiger charge is -2.14. The largest absolute Gasteiger partial charge is 0.438 e. The van der Waals surface area contributed by atoms with Crippen molar-refractivity contribution in [1.29, 1.82) is 0 Å². The number of nitrogens with zero attached hydrogens (tertiary/aromatic N) is 1. The van der Waals surface area contributed by atoms with Crippen molar-refractivity contribution in [3.8, 4) is 0 Å². The van der Waals surface area contributed by atoms with Gasteiger partial charge in [-0.1, -0.05) is 79.8 Å². The topological polar surface area (TPSA) is 68.3 Å². The van der Waals surface area contributed by atoms with Gasteiger partial charge in [0.1, 0.15) is 0 Å². The molecule has 0 spiro atoms. The summed E-state index contributed by atoms with van der Waals surface area (Å²) in [4.78, 5) is 27.8. The Morgan fingerprint density at radius 2 is 1.37 bits per heavy atom. The van der Waals surface area contributed by atoms with E-state index in [-0.39, 0.29) is 5.91 Å². The molecule has 1 N–H and O–H groups in total. The molecule has 5 nitrogen and oxygen atoms in total. The first-order chi connectivity index (χ1) is 17.1. The van der Waals surface area contributed by atoms with Crippen LogP contribution in [0.5, 0.6) is 0 Å². The molecule has 0 bridgehead atoms. The number of nitrogens with one attached hydrogen (secondary N) is 1. The summed E-state index contributed by atoms with van der Waals surface area (Å²) in [5.41, 5.74) is 0.353. The number of rotatable bonds is 17. The summed E-state index contributed by atoms with van der Waals surface area (Å²) in [7, 11) is 0. The van der Waals surface area contributed by atoms with Gasteiger partial charge in [0.25, 0.3) is 0 Å². The van der Waals surface area contributed by atoms with Crippen LogP contribution in [0.3, 0.4) is 0 Å². The Balaban J connectivity index is 2.04. The standard InChI is InChI=1S/C30H40N2O3/c1-3-4-5-6-7-8-9-10-11-12-13-14-15-16-17-18-19-20-21-24-29(33)32-27(2)35-30(34)28-23-22-25-31-26-28/h4-5,7-8,10-11,13-14,16-17,19-20,22-23,25-27H,3,6,9,12,15,18,21,24H2,1-2H3,(H,32,33). The van der Waals surface area contributed by atoms with Crippen LogP contribution in [0.2, 0.25) is 0 Å². The summed E-state index contributed by atoms with van der Waals surface area (Å²) in [6.07, 6.45) is 34.9. The van der Waals surface area contributed by atoms with Gasteiger partial charge in [-0.15, -0.1) is 0 Å². The molecule has 0 fully saturated rings. The van der Waals surface area contributed by atoms with Crippen molar-refractivity contribution >= 4 is 11.9 Å². The van der Waals surface area contributed by atoms with Crippen molar-refractivity contribution in [3.05, 3.63) is 103 Å². The zero-order valence-corrected chi connectivity index (χ0v) is 21.1. The highest BCUT2D eigenvalue weighted by Gasteiger charge is 2.13. The summed E-state index contributed by atoms with van der Waals surface area (Å²) in [5.74, 6) is -0.668. The van der Waals surface area contributed by atoms with E-state index >= 15 is 0 Å². The zero-order chi connectivity index (χ0) is 25.4. The van der Waals surface area contributed by atoms with E-state index in [1.165, 1.54) is 6.20 Å². The Morgan fingerprint density at radius 1 is 0.857 bits per heavy atom. The van der Waals surface area contributed by atoms with Crippen molar-refractivity contribution in [2.24, 2.45) is 0 Å². The van der Waals surface area contributed by atoms with Crippen molar-refractivity contribution in [2.75, 3.05) is 0 Å². The van der Waals surface area contributed by atoms with Gasteiger partial charge in [0.2, 0.25) is 5.91 Å². The molecule has 0 saturated heterocycles.